The quantitative estimate of drug-likeness (QED) is 0.829. The van der Waals surface area contributed by atoms with E-state index in [9.17, 15) is 4.79 Å². The van der Waals surface area contributed by atoms with E-state index in [1.54, 1.807) is 24.4 Å². The second-order valence-corrected chi connectivity index (χ2v) is 5.05. The molecule has 1 aromatic carbocycles. The van der Waals surface area contributed by atoms with Gasteiger partial charge in [0.05, 0.1) is 0 Å². The lowest BCUT2D eigenvalue weighted by Crippen LogP contribution is -2.06. The molecule has 0 atom stereocenters. The Kier molecular flexibility index (Phi) is 4.94. The van der Waals surface area contributed by atoms with Crippen LogP contribution in [0, 0.1) is 0 Å². The fraction of sp³-hybridized carbons (Fsp3) is 0.200. The van der Waals surface area contributed by atoms with Gasteiger partial charge in [-0.3, -0.25) is 9.78 Å². The number of hydrogen-bond acceptors (Lipinski definition) is 2. The molecule has 0 unspecified atom stereocenters. The molecule has 0 N–H and O–H groups in total. The van der Waals surface area contributed by atoms with Gasteiger partial charge in [0.25, 0.3) is 0 Å². The largest absolute Gasteiger partial charge is 0.299 e. The molecule has 1 heterocycles. The van der Waals surface area contributed by atoms with Gasteiger partial charge in [-0.1, -0.05) is 35.3 Å². The molecule has 2 aromatic rings. The number of aryl methyl sites for hydroxylation is 1. The van der Waals surface area contributed by atoms with Gasteiger partial charge in [0.1, 0.15) is 5.78 Å². The monoisotopic (exact) mass is 293 g/mol. The summed E-state index contributed by atoms with van der Waals surface area (Å²) < 4.78 is 0. The zero-order chi connectivity index (χ0) is 13.7. The molecule has 0 aliphatic rings. The predicted octanol–water partition coefficient (Wildman–Crippen LogP) is 4.13. The number of carbonyl (C=O) groups is 1. The molecule has 2 nitrogen and oxygen atoms in total. The van der Waals surface area contributed by atoms with Crippen LogP contribution in [0.5, 0.6) is 0 Å². The van der Waals surface area contributed by atoms with E-state index in [0.717, 1.165) is 5.69 Å². The maximum absolute atomic E-state index is 11.9. The Balaban J connectivity index is 1.95. The fourth-order valence-electron chi connectivity index (χ4n) is 1.80. The molecule has 0 bridgehead atoms. The van der Waals surface area contributed by atoms with Crippen molar-refractivity contribution in [2.24, 2.45) is 0 Å². The summed E-state index contributed by atoms with van der Waals surface area (Å²) in [5, 5.41) is 1.08. The van der Waals surface area contributed by atoms with Crippen LogP contribution in [0.1, 0.15) is 17.7 Å². The zero-order valence-corrected chi connectivity index (χ0v) is 11.8. The van der Waals surface area contributed by atoms with Crippen LogP contribution in [-0.2, 0) is 17.6 Å². The van der Waals surface area contributed by atoms with Crippen LogP contribution in [-0.4, -0.2) is 10.8 Å². The first-order valence-corrected chi connectivity index (χ1v) is 6.77. The highest BCUT2D eigenvalue weighted by Crippen LogP contribution is 2.25. The molecule has 0 radical (unpaired) electrons. The Hall–Kier alpha value is -1.38. The molecule has 1 aromatic heterocycles. The molecule has 0 saturated heterocycles. The molecular formula is C15H13Cl2NO. The van der Waals surface area contributed by atoms with Gasteiger partial charge < -0.3 is 0 Å². The number of aromatic nitrogens is 1. The third-order valence-corrected chi connectivity index (χ3v) is 3.53. The van der Waals surface area contributed by atoms with Crippen molar-refractivity contribution in [3.8, 4) is 0 Å². The summed E-state index contributed by atoms with van der Waals surface area (Å²) in [6, 6.07) is 10.9. The van der Waals surface area contributed by atoms with E-state index >= 15 is 0 Å². The molecular weight excluding hydrogens is 281 g/mol. The third-order valence-electron chi connectivity index (χ3n) is 2.82. The SMILES string of the molecule is O=C(CCc1ccccn1)Cc1c(Cl)cccc1Cl. The van der Waals surface area contributed by atoms with E-state index < -0.39 is 0 Å². The molecule has 0 aliphatic heterocycles. The highest BCUT2D eigenvalue weighted by molar-refractivity contribution is 6.36. The van der Waals surface area contributed by atoms with Gasteiger partial charge >= 0.3 is 0 Å². The van der Waals surface area contributed by atoms with Gasteiger partial charge in [0.15, 0.2) is 0 Å². The van der Waals surface area contributed by atoms with Crippen molar-refractivity contribution in [1.82, 2.24) is 4.98 Å². The van der Waals surface area contributed by atoms with Crippen molar-refractivity contribution in [3.05, 3.63) is 63.9 Å². The number of halogens is 2. The summed E-state index contributed by atoms with van der Waals surface area (Å²) in [4.78, 5) is 16.1. The van der Waals surface area contributed by atoms with E-state index in [1.807, 2.05) is 18.2 Å². The summed E-state index contributed by atoms with van der Waals surface area (Å²) in [5.41, 5.74) is 1.62. The number of Topliss-reactive ketones (excluding diaryl/α,β-unsaturated/α-hetero) is 1. The van der Waals surface area contributed by atoms with Gasteiger partial charge in [0.2, 0.25) is 0 Å². The van der Waals surface area contributed by atoms with E-state index in [1.165, 1.54) is 0 Å². The predicted molar refractivity (Wildman–Crippen MR) is 77.7 cm³/mol. The van der Waals surface area contributed by atoms with Crippen molar-refractivity contribution < 1.29 is 4.79 Å². The summed E-state index contributed by atoms with van der Waals surface area (Å²) in [6.07, 6.45) is 3.08. The molecule has 0 amide bonds. The number of hydrogen-bond donors (Lipinski definition) is 0. The Labute approximate surface area is 122 Å². The summed E-state index contributed by atoms with van der Waals surface area (Å²) in [6.45, 7) is 0. The van der Waals surface area contributed by atoms with E-state index in [2.05, 4.69) is 4.98 Å². The Morgan fingerprint density at radius 2 is 1.79 bits per heavy atom. The second-order valence-electron chi connectivity index (χ2n) is 4.24. The van der Waals surface area contributed by atoms with Crippen LogP contribution in [0.4, 0.5) is 0 Å². The third kappa shape index (κ3) is 4.05. The average Bonchev–Trinajstić information content (AvgIpc) is 2.42. The first kappa shape index (κ1) is 14.0. The lowest BCUT2D eigenvalue weighted by Gasteiger charge is -2.06. The number of carbonyl (C=O) groups excluding carboxylic acids is 1. The van der Waals surface area contributed by atoms with Crippen LogP contribution >= 0.6 is 23.2 Å². The molecule has 0 fully saturated rings. The lowest BCUT2D eigenvalue weighted by atomic mass is 10.0. The van der Waals surface area contributed by atoms with Crippen LogP contribution in [0.15, 0.2) is 42.6 Å². The first-order chi connectivity index (χ1) is 9.16. The smallest absolute Gasteiger partial charge is 0.137 e. The number of ketones is 1. The fourth-order valence-corrected chi connectivity index (χ4v) is 2.33. The van der Waals surface area contributed by atoms with Crippen molar-refractivity contribution in [3.63, 3.8) is 0 Å². The number of nitrogens with zero attached hydrogens (tertiary/aromatic N) is 1. The van der Waals surface area contributed by atoms with Crippen LogP contribution in [0.25, 0.3) is 0 Å². The molecule has 0 aliphatic carbocycles. The molecule has 0 spiro atoms. The maximum Gasteiger partial charge on any atom is 0.137 e. The lowest BCUT2D eigenvalue weighted by molar-refractivity contribution is -0.118. The minimum absolute atomic E-state index is 0.112. The number of rotatable bonds is 5. The Morgan fingerprint density at radius 1 is 1.05 bits per heavy atom. The number of pyridine rings is 1. The van der Waals surface area contributed by atoms with E-state index in [-0.39, 0.29) is 12.2 Å². The van der Waals surface area contributed by atoms with Gasteiger partial charge in [0, 0.05) is 34.8 Å². The highest BCUT2D eigenvalue weighted by atomic mass is 35.5. The van der Waals surface area contributed by atoms with Crippen molar-refractivity contribution >= 4 is 29.0 Å². The highest BCUT2D eigenvalue weighted by Gasteiger charge is 2.11. The maximum atomic E-state index is 11.9. The van der Waals surface area contributed by atoms with E-state index in [0.29, 0.717) is 28.5 Å². The molecule has 2 rings (SSSR count). The summed E-state index contributed by atoms with van der Waals surface area (Å²) in [5.74, 6) is 0.112. The second kappa shape index (κ2) is 6.69. The Morgan fingerprint density at radius 3 is 2.42 bits per heavy atom. The molecule has 98 valence electrons. The van der Waals surface area contributed by atoms with Crippen molar-refractivity contribution in [2.45, 2.75) is 19.3 Å². The average molecular weight is 294 g/mol. The molecule has 19 heavy (non-hydrogen) atoms. The summed E-state index contributed by atoms with van der Waals surface area (Å²) in [7, 11) is 0. The van der Waals surface area contributed by atoms with Crippen molar-refractivity contribution in [2.75, 3.05) is 0 Å². The van der Waals surface area contributed by atoms with Gasteiger partial charge in [-0.25, -0.2) is 0 Å². The minimum atomic E-state index is 0.112. The summed E-state index contributed by atoms with van der Waals surface area (Å²) >= 11 is 12.1. The van der Waals surface area contributed by atoms with Gasteiger partial charge in [-0.15, -0.1) is 0 Å². The minimum Gasteiger partial charge on any atom is -0.299 e. The Bertz CT molecular complexity index is 549. The van der Waals surface area contributed by atoms with Crippen molar-refractivity contribution in [1.29, 1.82) is 0 Å². The zero-order valence-electron chi connectivity index (χ0n) is 10.3. The standard InChI is InChI=1S/C15H13Cl2NO/c16-14-5-3-6-15(17)13(14)10-12(19)8-7-11-4-1-2-9-18-11/h1-6,9H,7-8,10H2. The van der Waals surface area contributed by atoms with Gasteiger partial charge in [-0.2, -0.15) is 0 Å². The topological polar surface area (TPSA) is 30.0 Å². The first-order valence-electron chi connectivity index (χ1n) is 6.01. The van der Waals surface area contributed by atoms with Gasteiger partial charge in [-0.05, 0) is 36.2 Å². The van der Waals surface area contributed by atoms with Crippen LogP contribution in [0.2, 0.25) is 10.0 Å². The van der Waals surface area contributed by atoms with Crippen LogP contribution < -0.4 is 0 Å². The normalized spacial score (nSPS) is 10.4. The molecule has 0 saturated carbocycles. The van der Waals surface area contributed by atoms with Crippen LogP contribution in [0.3, 0.4) is 0 Å². The number of benzene rings is 1. The van der Waals surface area contributed by atoms with E-state index in [4.69, 9.17) is 23.2 Å². The molecule has 4 heteroatoms.